The Labute approximate surface area is 86.0 Å². The topological polar surface area (TPSA) is 12.9 Å². The Hall–Kier alpha value is -0.290. The smallest absolute Gasteiger partial charge is 0.245 e. The molecule has 1 aromatic heterocycles. The first-order valence-electron chi connectivity index (χ1n) is 3.23. The number of halogens is 5. The van der Waals surface area contributed by atoms with E-state index in [1.54, 1.807) is 0 Å². The fourth-order valence-electron chi connectivity index (χ4n) is 0.783. The standard InChI is InChI=1S/C7H4BrClF3N/c8-6-2-4(7(10,11)12)1-5(3-9)13-6/h1-2H,3H2. The first-order chi connectivity index (χ1) is 5.93. The summed E-state index contributed by atoms with van der Waals surface area (Å²) in [4.78, 5) is 3.75. The van der Waals surface area contributed by atoms with E-state index in [4.69, 9.17) is 11.6 Å². The van der Waals surface area contributed by atoms with E-state index in [1.165, 1.54) is 0 Å². The van der Waals surface area contributed by atoms with E-state index >= 15 is 0 Å². The Morgan fingerprint density at radius 3 is 2.46 bits per heavy atom. The molecule has 0 bridgehead atoms. The monoisotopic (exact) mass is 273 g/mol. The van der Waals surface area contributed by atoms with E-state index in [9.17, 15) is 13.2 Å². The summed E-state index contributed by atoms with van der Waals surface area (Å²) >= 11 is 8.25. The van der Waals surface area contributed by atoms with Crippen LogP contribution >= 0.6 is 27.5 Å². The van der Waals surface area contributed by atoms with Gasteiger partial charge in [0.15, 0.2) is 0 Å². The maximum Gasteiger partial charge on any atom is 0.416 e. The minimum absolute atomic E-state index is 0.0392. The Morgan fingerprint density at radius 2 is 2.00 bits per heavy atom. The SMILES string of the molecule is FC(F)(F)c1cc(Br)nc(CCl)c1. The summed E-state index contributed by atoms with van der Waals surface area (Å²) in [6.45, 7) is 0. The molecule has 0 saturated carbocycles. The van der Waals surface area contributed by atoms with Gasteiger partial charge in [0.2, 0.25) is 0 Å². The number of rotatable bonds is 1. The van der Waals surface area contributed by atoms with Gasteiger partial charge in [-0.2, -0.15) is 13.2 Å². The number of hydrogen-bond donors (Lipinski definition) is 0. The van der Waals surface area contributed by atoms with Crippen LogP contribution in [0.4, 0.5) is 13.2 Å². The molecule has 0 fully saturated rings. The van der Waals surface area contributed by atoms with E-state index in [-0.39, 0.29) is 16.2 Å². The lowest BCUT2D eigenvalue weighted by atomic mass is 10.2. The van der Waals surface area contributed by atoms with Crippen LogP contribution in [0.5, 0.6) is 0 Å². The highest BCUT2D eigenvalue weighted by Gasteiger charge is 2.31. The Bertz CT molecular complexity index is 313. The van der Waals surface area contributed by atoms with Crippen molar-refractivity contribution in [1.29, 1.82) is 0 Å². The molecular formula is C7H4BrClF3N. The average Bonchev–Trinajstić information content (AvgIpc) is 2.01. The highest BCUT2D eigenvalue weighted by Crippen LogP contribution is 2.31. The molecule has 72 valence electrons. The third-order valence-electron chi connectivity index (χ3n) is 1.31. The van der Waals surface area contributed by atoms with E-state index in [1.807, 2.05) is 0 Å². The first-order valence-corrected chi connectivity index (χ1v) is 4.56. The zero-order chi connectivity index (χ0) is 10.1. The van der Waals surface area contributed by atoms with E-state index in [0.717, 1.165) is 12.1 Å². The van der Waals surface area contributed by atoms with Crippen LogP contribution in [-0.4, -0.2) is 4.98 Å². The molecule has 0 aliphatic heterocycles. The van der Waals surface area contributed by atoms with Crippen LogP contribution in [0.15, 0.2) is 16.7 Å². The molecule has 1 rings (SSSR count). The Kier molecular flexibility index (Phi) is 3.18. The zero-order valence-electron chi connectivity index (χ0n) is 6.20. The van der Waals surface area contributed by atoms with Crippen LogP contribution in [0.25, 0.3) is 0 Å². The van der Waals surface area contributed by atoms with Crippen LogP contribution in [0.1, 0.15) is 11.3 Å². The normalized spacial score (nSPS) is 11.8. The van der Waals surface area contributed by atoms with Gasteiger partial charge in [0, 0.05) is 0 Å². The third kappa shape index (κ3) is 2.84. The summed E-state index contributed by atoms with van der Waals surface area (Å²) in [6.07, 6.45) is -4.35. The van der Waals surface area contributed by atoms with Crippen molar-refractivity contribution in [2.75, 3.05) is 0 Å². The average molecular weight is 274 g/mol. The maximum atomic E-state index is 12.2. The lowest BCUT2D eigenvalue weighted by Crippen LogP contribution is -2.06. The largest absolute Gasteiger partial charge is 0.416 e. The minimum Gasteiger partial charge on any atom is -0.245 e. The van der Waals surface area contributed by atoms with Gasteiger partial charge in [-0.15, -0.1) is 11.6 Å². The van der Waals surface area contributed by atoms with Gasteiger partial charge in [0.05, 0.1) is 17.1 Å². The van der Waals surface area contributed by atoms with Gasteiger partial charge in [-0.05, 0) is 28.1 Å². The molecule has 0 aromatic carbocycles. The molecule has 1 nitrogen and oxygen atoms in total. The molecule has 0 radical (unpaired) electrons. The van der Waals surface area contributed by atoms with Crippen molar-refractivity contribution in [3.8, 4) is 0 Å². The summed E-state index contributed by atoms with van der Waals surface area (Å²) in [7, 11) is 0. The Balaban J connectivity index is 3.16. The highest BCUT2D eigenvalue weighted by atomic mass is 79.9. The van der Waals surface area contributed by atoms with Crippen molar-refractivity contribution < 1.29 is 13.2 Å². The molecule has 0 saturated heterocycles. The quantitative estimate of drug-likeness (QED) is 0.563. The van der Waals surface area contributed by atoms with Crippen molar-refractivity contribution in [3.63, 3.8) is 0 Å². The molecule has 0 N–H and O–H groups in total. The minimum atomic E-state index is -4.35. The van der Waals surface area contributed by atoms with Gasteiger partial charge in [0.1, 0.15) is 4.60 Å². The van der Waals surface area contributed by atoms with Gasteiger partial charge in [0.25, 0.3) is 0 Å². The molecule has 0 unspecified atom stereocenters. The molecule has 0 aliphatic carbocycles. The van der Waals surface area contributed by atoms with Gasteiger partial charge >= 0.3 is 6.18 Å². The summed E-state index contributed by atoms with van der Waals surface area (Å²) in [6, 6.07) is 1.84. The summed E-state index contributed by atoms with van der Waals surface area (Å²) in [5, 5.41) is 0. The second-order valence-corrected chi connectivity index (χ2v) is 3.38. The number of alkyl halides is 4. The summed E-state index contributed by atoms with van der Waals surface area (Å²) in [5.41, 5.74) is -0.548. The zero-order valence-corrected chi connectivity index (χ0v) is 8.54. The highest BCUT2D eigenvalue weighted by molar-refractivity contribution is 9.10. The number of pyridine rings is 1. The molecule has 0 spiro atoms. The van der Waals surface area contributed by atoms with Gasteiger partial charge in [-0.1, -0.05) is 0 Å². The molecule has 13 heavy (non-hydrogen) atoms. The summed E-state index contributed by atoms with van der Waals surface area (Å²) in [5.74, 6) is -0.0392. The molecule has 1 aromatic rings. The molecule has 0 aliphatic rings. The van der Waals surface area contributed by atoms with E-state index < -0.39 is 11.7 Å². The van der Waals surface area contributed by atoms with Gasteiger partial charge in [-0.3, -0.25) is 0 Å². The maximum absolute atomic E-state index is 12.2. The van der Waals surface area contributed by atoms with Gasteiger partial charge < -0.3 is 0 Å². The molecule has 0 atom stereocenters. The van der Waals surface area contributed by atoms with Crippen LogP contribution in [0, 0.1) is 0 Å². The second kappa shape index (κ2) is 3.84. The molecule has 6 heteroatoms. The number of hydrogen-bond acceptors (Lipinski definition) is 1. The van der Waals surface area contributed by atoms with Crippen LogP contribution in [0.3, 0.4) is 0 Å². The lowest BCUT2D eigenvalue weighted by Gasteiger charge is -2.07. The van der Waals surface area contributed by atoms with Crippen molar-refractivity contribution in [2.24, 2.45) is 0 Å². The van der Waals surface area contributed by atoms with Crippen LogP contribution < -0.4 is 0 Å². The van der Waals surface area contributed by atoms with Crippen molar-refractivity contribution in [3.05, 3.63) is 28.0 Å². The fraction of sp³-hybridized carbons (Fsp3) is 0.286. The van der Waals surface area contributed by atoms with Crippen molar-refractivity contribution >= 4 is 27.5 Å². The first kappa shape index (κ1) is 10.8. The molecule has 0 amide bonds. The summed E-state index contributed by atoms with van der Waals surface area (Å²) < 4.78 is 36.7. The molecule has 1 heterocycles. The molecular weight excluding hydrogens is 270 g/mol. The van der Waals surface area contributed by atoms with Crippen molar-refractivity contribution in [2.45, 2.75) is 12.1 Å². The number of nitrogens with zero attached hydrogens (tertiary/aromatic N) is 1. The van der Waals surface area contributed by atoms with Gasteiger partial charge in [-0.25, -0.2) is 4.98 Å². The third-order valence-corrected chi connectivity index (χ3v) is 1.99. The predicted octanol–water partition coefficient (Wildman–Crippen LogP) is 3.60. The van der Waals surface area contributed by atoms with E-state index in [0.29, 0.717) is 0 Å². The Morgan fingerprint density at radius 1 is 1.38 bits per heavy atom. The fourth-order valence-corrected chi connectivity index (χ4v) is 1.39. The number of aromatic nitrogens is 1. The lowest BCUT2D eigenvalue weighted by molar-refractivity contribution is -0.137. The van der Waals surface area contributed by atoms with Crippen LogP contribution in [0.2, 0.25) is 0 Å². The van der Waals surface area contributed by atoms with Crippen LogP contribution in [-0.2, 0) is 12.1 Å². The second-order valence-electron chi connectivity index (χ2n) is 2.30. The van der Waals surface area contributed by atoms with Crippen molar-refractivity contribution in [1.82, 2.24) is 4.98 Å². The predicted molar refractivity (Wildman–Crippen MR) is 46.5 cm³/mol. The van der Waals surface area contributed by atoms with E-state index in [2.05, 4.69) is 20.9 Å².